The van der Waals surface area contributed by atoms with Crippen molar-refractivity contribution in [3.05, 3.63) is 53.6 Å². The lowest BCUT2D eigenvalue weighted by Gasteiger charge is -2.21. The van der Waals surface area contributed by atoms with E-state index in [-0.39, 0.29) is 13.1 Å². The lowest BCUT2D eigenvalue weighted by Crippen LogP contribution is -2.29. The second kappa shape index (κ2) is 8.22. The molecule has 0 fully saturated rings. The van der Waals surface area contributed by atoms with Crippen LogP contribution < -0.4 is 14.2 Å². The monoisotopic (exact) mass is 365 g/mol. The molecule has 0 aliphatic rings. The molecule has 25 heavy (non-hydrogen) atoms. The van der Waals surface area contributed by atoms with Crippen LogP contribution in [0, 0.1) is 0 Å². The minimum absolute atomic E-state index is 0.199. The van der Waals surface area contributed by atoms with E-state index in [1.807, 2.05) is 30.3 Å². The standard InChI is InChI=1S/C18H23NO5S/c1-22-16-10-15(11-17(23-2)18(16)24-3)13-19(25(4,20)21)12-14-8-6-5-7-9-14/h5-11H,12-13H2,1-4H3. The number of benzene rings is 2. The number of nitrogens with zero attached hydrogens (tertiary/aromatic N) is 1. The lowest BCUT2D eigenvalue weighted by atomic mass is 10.1. The maximum atomic E-state index is 12.2. The van der Waals surface area contributed by atoms with Crippen molar-refractivity contribution in [2.45, 2.75) is 13.1 Å². The van der Waals surface area contributed by atoms with Crippen LogP contribution in [0.1, 0.15) is 11.1 Å². The summed E-state index contributed by atoms with van der Waals surface area (Å²) >= 11 is 0. The molecule has 6 nitrogen and oxygen atoms in total. The Labute approximate surface area is 149 Å². The molecule has 0 radical (unpaired) electrons. The van der Waals surface area contributed by atoms with E-state index in [2.05, 4.69) is 0 Å². The molecule has 2 aromatic rings. The molecule has 2 aromatic carbocycles. The highest BCUT2D eigenvalue weighted by atomic mass is 32.2. The van der Waals surface area contributed by atoms with E-state index in [0.717, 1.165) is 11.1 Å². The topological polar surface area (TPSA) is 65.1 Å². The Kier molecular flexibility index (Phi) is 6.27. The number of methoxy groups -OCH3 is 3. The van der Waals surface area contributed by atoms with Crippen LogP contribution in [-0.2, 0) is 23.1 Å². The van der Waals surface area contributed by atoms with E-state index in [0.29, 0.717) is 17.2 Å². The summed E-state index contributed by atoms with van der Waals surface area (Å²) in [5.41, 5.74) is 1.66. The van der Waals surface area contributed by atoms with Gasteiger partial charge in [-0.25, -0.2) is 8.42 Å². The lowest BCUT2D eigenvalue weighted by molar-refractivity contribution is 0.322. The molecule has 0 N–H and O–H groups in total. The Balaban J connectivity index is 2.36. The zero-order valence-electron chi connectivity index (χ0n) is 14.9. The van der Waals surface area contributed by atoms with Crippen LogP contribution in [0.4, 0.5) is 0 Å². The largest absolute Gasteiger partial charge is 0.493 e. The zero-order chi connectivity index (χ0) is 18.4. The second-order valence-corrected chi connectivity index (χ2v) is 7.53. The molecule has 0 amide bonds. The molecule has 0 aliphatic heterocycles. The molecule has 0 spiro atoms. The minimum atomic E-state index is -3.40. The van der Waals surface area contributed by atoms with E-state index in [9.17, 15) is 8.42 Å². The fourth-order valence-electron chi connectivity index (χ4n) is 2.51. The van der Waals surface area contributed by atoms with Gasteiger partial charge in [0.2, 0.25) is 15.8 Å². The average molecular weight is 365 g/mol. The van der Waals surface area contributed by atoms with E-state index in [1.165, 1.54) is 31.9 Å². The quantitative estimate of drug-likeness (QED) is 0.720. The normalized spacial score (nSPS) is 11.4. The summed E-state index contributed by atoms with van der Waals surface area (Å²) in [5, 5.41) is 0. The molecule has 0 saturated carbocycles. The van der Waals surface area contributed by atoms with Crippen LogP contribution in [0.25, 0.3) is 0 Å². The van der Waals surface area contributed by atoms with Gasteiger partial charge in [-0.3, -0.25) is 0 Å². The molecule has 0 aromatic heterocycles. The zero-order valence-corrected chi connectivity index (χ0v) is 15.7. The molecule has 0 unspecified atom stereocenters. The highest BCUT2D eigenvalue weighted by Crippen LogP contribution is 2.38. The molecule has 0 saturated heterocycles. The molecular formula is C18H23NO5S. The predicted octanol–water partition coefficient (Wildman–Crippen LogP) is 2.67. The Morgan fingerprint density at radius 2 is 1.36 bits per heavy atom. The number of hydrogen-bond donors (Lipinski definition) is 0. The fourth-order valence-corrected chi connectivity index (χ4v) is 3.27. The summed E-state index contributed by atoms with van der Waals surface area (Å²) in [5.74, 6) is 1.46. The number of rotatable bonds is 8. The first kappa shape index (κ1) is 19.1. The van der Waals surface area contributed by atoms with Crippen LogP contribution >= 0.6 is 0 Å². The Hall–Kier alpha value is -2.25. The van der Waals surface area contributed by atoms with Gasteiger partial charge in [-0.2, -0.15) is 4.31 Å². The Morgan fingerprint density at radius 3 is 1.80 bits per heavy atom. The van der Waals surface area contributed by atoms with Crippen LogP contribution in [0.3, 0.4) is 0 Å². The van der Waals surface area contributed by atoms with Crippen molar-refractivity contribution >= 4 is 10.0 Å². The molecule has 2 rings (SSSR count). The second-order valence-electron chi connectivity index (χ2n) is 5.55. The smallest absolute Gasteiger partial charge is 0.211 e. The third kappa shape index (κ3) is 4.87. The first-order valence-electron chi connectivity index (χ1n) is 7.67. The van der Waals surface area contributed by atoms with Gasteiger partial charge in [-0.05, 0) is 23.3 Å². The summed E-state index contributed by atoms with van der Waals surface area (Å²) in [6.07, 6.45) is 1.20. The average Bonchev–Trinajstić information content (AvgIpc) is 2.60. The van der Waals surface area contributed by atoms with Crippen LogP contribution in [-0.4, -0.2) is 40.3 Å². The van der Waals surface area contributed by atoms with E-state index < -0.39 is 10.0 Å². The number of sulfonamides is 1. The van der Waals surface area contributed by atoms with E-state index in [1.54, 1.807) is 12.1 Å². The van der Waals surface area contributed by atoms with E-state index in [4.69, 9.17) is 14.2 Å². The summed E-state index contributed by atoms with van der Waals surface area (Å²) in [7, 11) is 1.18. The molecular weight excluding hydrogens is 342 g/mol. The van der Waals surface area contributed by atoms with Crippen molar-refractivity contribution in [1.29, 1.82) is 0 Å². The van der Waals surface area contributed by atoms with Crippen LogP contribution in [0.5, 0.6) is 17.2 Å². The Bertz CT molecular complexity index is 780. The van der Waals surface area contributed by atoms with Crippen molar-refractivity contribution in [2.75, 3.05) is 27.6 Å². The van der Waals surface area contributed by atoms with Crippen LogP contribution in [0.2, 0.25) is 0 Å². The maximum absolute atomic E-state index is 12.2. The molecule has 136 valence electrons. The first-order valence-corrected chi connectivity index (χ1v) is 9.51. The van der Waals surface area contributed by atoms with Gasteiger partial charge >= 0.3 is 0 Å². The van der Waals surface area contributed by atoms with Crippen molar-refractivity contribution in [2.24, 2.45) is 0 Å². The third-order valence-corrected chi connectivity index (χ3v) is 4.95. The van der Waals surface area contributed by atoms with E-state index >= 15 is 0 Å². The fraction of sp³-hybridized carbons (Fsp3) is 0.333. The van der Waals surface area contributed by atoms with Crippen molar-refractivity contribution < 1.29 is 22.6 Å². The van der Waals surface area contributed by atoms with Gasteiger partial charge in [-0.15, -0.1) is 0 Å². The number of ether oxygens (including phenoxy) is 3. The third-order valence-electron chi connectivity index (χ3n) is 3.75. The van der Waals surface area contributed by atoms with Crippen molar-refractivity contribution in [3.8, 4) is 17.2 Å². The Morgan fingerprint density at radius 1 is 0.840 bits per heavy atom. The first-order chi connectivity index (χ1) is 11.9. The minimum Gasteiger partial charge on any atom is -0.493 e. The summed E-state index contributed by atoms with van der Waals surface area (Å²) in [6, 6.07) is 13.0. The van der Waals surface area contributed by atoms with Crippen molar-refractivity contribution in [1.82, 2.24) is 4.31 Å². The summed E-state index contributed by atoms with van der Waals surface area (Å²) in [4.78, 5) is 0. The molecule has 0 heterocycles. The highest BCUT2D eigenvalue weighted by Gasteiger charge is 2.20. The number of hydrogen-bond acceptors (Lipinski definition) is 5. The molecule has 0 bridgehead atoms. The SMILES string of the molecule is COc1cc(CN(Cc2ccccc2)S(C)(=O)=O)cc(OC)c1OC. The van der Waals surface area contributed by atoms with Gasteiger partial charge in [0.15, 0.2) is 11.5 Å². The summed E-state index contributed by atoms with van der Waals surface area (Å²) < 4.78 is 41.8. The van der Waals surface area contributed by atoms with Crippen LogP contribution in [0.15, 0.2) is 42.5 Å². The van der Waals surface area contributed by atoms with Gasteiger partial charge in [0, 0.05) is 13.1 Å². The maximum Gasteiger partial charge on any atom is 0.211 e. The van der Waals surface area contributed by atoms with Gasteiger partial charge in [0.05, 0.1) is 27.6 Å². The highest BCUT2D eigenvalue weighted by molar-refractivity contribution is 7.88. The van der Waals surface area contributed by atoms with Gasteiger partial charge in [0.25, 0.3) is 0 Å². The predicted molar refractivity (Wildman–Crippen MR) is 96.6 cm³/mol. The van der Waals surface area contributed by atoms with Gasteiger partial charge < -0.3 is 14.2 Å². The van der Waals surface area contributed by atoms with Gasteiger partial charge in [0.1, 0.15) is 0 Å². The molecule has 0 atom stereocenters. The van der Waals surface area contributed by atoms with Crippen molar-refractivity contribution in [3.63, 3.8) is 0 Å². The summed E-state index contributed by atoms with van der Waals surface area (Å²) in [6.45, 7) is 0.487. The molecule has 0 aliphatic carbocycles. The van der Waals surface area contributed by atoms with Gasteiger partial charge in [-0.1, -0.05) is 30.3 Å². The molecule has 7 heteroatoms.